The van der Waals surface area contributed by atoms with Gasteiger partial charge in [0.15, 0.2) is 11.5 Å². The van der Waals surface area contributed by atoms with E-state index in [1.807, 2.05) is 0 Å². The molecular weight excluding hydrogens is 352 g/mol. The van der Waals surface area contributed by atoms with Gasteiger partial charge in [-0.2, -0.15) is 0 Å². The van der Waals surface area contributed by atoms with Crippen LogP contribution < -0.4 is 14.4 Å². The highest BCUT2D eigenvalue weighted by atomic mass is 16.6. The summed E-state index contributed by atoms with van der Waals surface area (Å²) in [7, 11) is 0. The van der Waals surface area contributed by atoms with E-state index in [2.05, 4.69) is 0 Å². The predicted octanol–water partition coefficient (Wildman–Crippen LogP) is 3.24. The number of nitro groups is 1. The molecule has 27 heavy (non-hydrogen) atoms. The van der Waals surface area contributed by atoms with Gasteiger partial charge < -0.3 is 14.4 Å². The number of benzene rings is 2. The van der Waals surface area contributed by atoms with Crippen molar-refractivity contribution in [2.45, 2.75) is 13.8 Å². The number of hydrogen-bond donors (Lipinski definition) is 0. The maximum absolute atomic E-state index is 13.0. The van der Waals surface area contributed by atoms with Crippen LogP contribution in [0, 0.1) is 10.1 Å². The first-order valence-electron chi connectivity index (χ1n) is 8.43. The molecule has 0 aromatic heterocycles. The molecule has 8 nitrogen and oxygen atoms in total. The van der Waals surface area contributed by atoms with E-state index in [1.165, 1.54) is 30.0 Å². The van der Waals surface area contributed by atoms with Gasteiger partial charge in [0, 0.05) is 17.2 Å². The van der Waals surface area contributed by atoms with Gasteiger partial charge in [0.05, 0.1) is 23.8 Å². The van der Waals surface area contributed by atoms with E-state index in [0.29, 0.717) is 17.0 Å². The summed E-state index contributed by atoms with van der Waals surface area (Å²) in [6, 6.07) is 8.99. The molecule has 0 unspecified atom stereocenters. The number of hydrogen-bond acceptors (Lipinski definition) is 6. The van der Waals surface area contributed by atoms with Crippen LogP contribution in [0.2, 0.25) is 0 Å². The minimum Gasteiger partial charge on any atom is -0.490 e. The maximum Gasteiger partial charge on any atom is 0.311 e. The van der Waals surface area contributed by atoms with E-state index in [9.17, 15) is 19.7 Å². The van der Waals surface area contributed by atoms with Crippen molar-refractivity contribution in [2.75, 3.05) is 24.7 Å². The summed E-state index contributed by atoms with van der Waals surface area (Å²) >= 11 is 0. The van der Waals surface area contributed by atoms with E-state index in [4.69, 9.17) is 9.47 Å². The van der Waals surface area contributed by atoms with E-state index < -0.39 is 10.8 Å². The summed E-state index contributed by atoms with van der Waals surface area (Å²) in [4.78, 5) is 36.9. The summed E-state index contributed by atoms with van der Waals surface area (Å²) in [5.74, 6) is 0.0548. The van der Waals surface area contributed by atoms with Crippen molar-refractivity contribution in [1.29, 1.82) is 0 Å². The number of fused-ring (bicyclic) bond motifs is 1. The van der Waals surface area contributed by atoms with Crippen molar-refractivity contribution in [3.63, 3.8) is 0 Å². The van der Waals surface area contributed by atoms with Gasteiger partial charge in [-0.15, -0.1) is 0 Å². The molecule has 1 aliphatic rings. The van der Waals surface area contributed by atoms with Gasteiger partial charge in [0.25, 0.3) is 5.91 Å². The SMILES string of the molecule is CCOc1ccc(C(=O)N2CCOc3ccc(C(C)=O)cc32)cc1[N+](=O)[O-]. The Labute approximate surface area is 155 Å². The Morgan fingerprint density at radius 2 is 1.96 bits per heavy atom. The van der Waals surface area contributed by atoms with Gasteiger partial charge in [-0.05, 0) is 44.2 Å². The fourth-order valence-electron chi connectivity index (χ4n) is 2.87. The molecule has 2 aromatic rings. The average Bonchev–Trinajstić information content (AvgIpc) is 2.66. The average molecular weight is 370 g/mol. The van der Waals surface area contributed by atoms with Gasteiger partial charge >= 0.3 is 5.69 Å². The lowest BCUT2D eigenvalue weighted by Crippen LogP contribution is -2.38. The maximum atomic E-state index is 13.0. The van der Waals surface area contributed by atoms with Crippen LogP contribution in [-0.2, 0) is 0 Å². The van der Waals surface area contributed by atoms with Gasteiger partial charge in [0.2, 0.25) is 0 Å². The summed E-state index contributed by atoms with van der Waals surface area (Å²) < 4.78 is 10.8. The van der Waals surface area contributed by atoms with E-state index in [0.717, 1.165) is 0 Å². The van der Waals surface area contributed by atoms with Crippen molar-refractivity contribution in [1.82, 2.24) is 0 Å². The Morgan fingerprint density at radius 3 is 2.63 bits per heavy atom. The molecule has 3 rings (SSSR count). The van der Waals surface area contributed by atoms with Crippen molar-refractivity contribution in [3.8, 4) is 11.5 Å². The van der Waals surface area contributed by atoms with Crippen molar-refractivity contribution in [2.24, 2.45) is 0 Å². The molecular formula is C19H18N2O6. The summed E-state index contributed by atoms with van der Waals surface area (Å²) in [6.45, 7) is 4.00. The second-order valence-electron chi connectivity index (χ2n) is 5.92. The standard InChI is InChI=1S/C19H18N2O6/c1-3-26-18-7-5-14(11-16(18)21(24)25)19(23)20-8-9-27-17-6-4-13(12(2)22)10-15(17)20/h4-7,10-11H,3,8-9H2,1-2H3. The number of amides is 1. The van der Waals surface area contributed by atoms with E-state index in [1.54, 1.807) is 25.1 Å². The van der Waals surface area contributed by atoms with Crippen LogP contribution in [-0.4, -0.2) is 36.4 Å². The van der Waals surface area contributed by atoms with Crippen LogP contribution in [0.1, 0.15) is 34.6 Å². The zero-order valence-electron chi connectivity index (χ0n) is 14.9. The Morgan fingerprint density at radius 1 is 1.22 bits per heavy atom. The molecule has 0 radical (unpaired) electrons. The Bertz CT molecular complexity index is 924. The molecule has 0 aliphatic carbocycles. The van der Waals surface area contributed by atoms with Gasteiger partial charge in [-0.3, -0.25) is 19.7 Å². The molecule has 1 amide bonds. The van der Waals surface area contributed by atoms with Crippen LogP contribution in [0.4, 0.5) is 11.4 Å². The third-order valence-electron chi connectivity index (χ3n) is 4.18. The summed E-state index contributed by atoms with van der Waals surface area (Å²) in [5, 5.41) is 11.3. The van der Waals surface area contributed by atoms with Crippen molar-refractivity contribution in [3.05, 3.63) is 57.6 Å². The number of ether oxygens (including phenoxy) is 2. The third-order valence-corrected chi connectivity index (χ3v) is 4.18. The highest BCUT2D eigenvalue weighted by Crippen LogP contribution is 2.35. The Balaban J connectivity index is 2.00. The van der Waals surface area contributed by atoms with Crippen LogP contribution in [0.3, 0.4) is 0 Å². The molecule has 1 heterocycles. The Kier molecular flexibility index (Phi) is 5.07. The number of carbonyl (C=O) groups is 2. The molecule has 0 bridgehead atoms. The minimum absolute atomic E-state index is 0.111. The lowest BCUT2D eigenvalue weighted by molar-refractivity contribution is -0.385. The van der Waals surface area contributed by atoms with Crippen LogP contribution in [0.15, 0.2) is 36.4 Å². The van der Waals surface area contributed by atoms with Crippen LogP contribution >= 0.6 is 0 Å². The lowest BCUT2D eigenvalue weighted by Gasteiger charge is -2.30. The first-order valence-corrected chi connectivity index (χ1v) is 8.43. The minimum atomic E-state index is -0.580. The predicted molar refractivity (Wildman–Crippen MR) is 97.9 cm³/mol. The zero-order chi connectivity index (χ0) is 19.6. The largest absolute Gasteiger partial charge is 0.490 e. The quantitative estimate of drug-likeness (QED) is 0.455. The van der Waals surface area contributed by atoms with Crippen molar-refractivity contribution >= 4 is 23.1 Å². The fourth-order valence-corrected chi connectivity index (χ4v) is 2.87. The molecule has 0 saturated heterocycles. The molecule has 0 fully saturated rings. The molecule has 140 valence electrons. The number of Topliss-reactive ketones (excluding diaryl/α,β-unsaturated/α-hetero) is 1. The highest BCUT2D eigenvalue weighted by molar-refractivity contribution is 6.08. The normalized spacial score (nSPS) is 12.7. The number of carbonyl (C=O) groups excluding carboxylic acids is 2. The van der Waals surface area contributed by atoms with Crippen LogP contribution in [0.5, 0.6) is 11.5 Å². The van der Waals surface area contributed by atoms with Crippen LogP contribution in [0.25, 0.3) is 0 Å². The van der Waals surface area contributed by atoms with E-state index >= 15 is 0 Å². The van der Waals surface area contributed by atoms with Gasteiger partial charge in [-0.25, -0.2) is 0 Å². The van der Waals surface area contributed by atoms with E-state index in [-0.39, 0.29) is 42.5 Å². The Hall–Kier alpha value is -3.42. The zero-order valence-corrected chi connectivity index (χ0v) is 14.9. The molecule has 1 aliphatic heterocycles. The number of nitro benzene ring substituents is 1. The molecule has 0 spiro atoms. The number of ketones is 1. The first-order chi connectivity index (χ1) is 12.9. The number of anilines is 1. The first kappa shape index (κ1) is 18.4. The molecule has 2 aromatic carbocycles. The number of nitrogens with zero attached hydrogens (tertiary/aromatic N) is 2. The highest BCUT2D eigenvalue weighted by Gasteiger charge is 2.27. The second kappa shape index (κ2) is 7.45. The molecule has 0 N–H and O–H groups in total. The molecule has 0 saturated carbocycles. The fraction of sp³-hybridized carbons (Fsp3) is 0.263. The summed E-state index contributed by atoms with van der Waals surface area (Å²) in [6.07, 6.45) is 0. The second-order valence-corrected chi connectivity index (χ2v) is 5.92. The third kappa shape index (κ3) is 3.59. The summed E-state index contributed by atoms with van der Waals surface area (Å²) in [5.41, 5.74) is 0.810. The number of rotatable bonds is 5. The smallest absolute Gasteiger partial charge is 0.311 e. The topological polar surface area (TPSA) is 99.0 Å². The lowest BCUT2D eigenvalue weighted by atomic mass is 10.1. The van der Waals surface area contributed by atoms with Gasteiger partial charge in [0.1, 0.15) is 12.4 Å². The van der Waals surface area contributed by atoms with Gasteiger partial charge in [-0.1, -0.05) is 0 Å². The monoisotopic (exact) mass is 370 g/mol. The van der Waals surface area contributed by atoms with Crippen molar-refractivity contribution < 1.29 is 24.0 Å². The molecule has 0 atom stereocenters. The molecule has 8 heteroatoms.